The van der Waals surface area contributed by atoms with Crippen LogP contribution in [0.25, 0.3) is 10.9 Å². The van der Waals surface area contributed by atoms with Gasteiger partial charge in [-0.05, 0) is 18.2 Å². The van der Waals surface area contributed by atoms with Crippen molar-refractivity contribution < 1.29 is 0 Å². The topological polar surface area (TPSA) is 38.9 Å². The van der Waals surface area contributed by atoms with E-state index in [0.717, 1.165) is 5.39 Å². The van der Waals surface area contributed by atoms with Crippen LogP contribution < -0.4 is 5.73 Å². The summed E-state index contributed by atoms with van der Waals surface area (Å²) in [5.41, 5.74) is 6.81. The zero-order chi connectivity index (χ0) is 9.42. The van der Waals surface area contributed by atoms with E-state index in [-0.39, 0.29) is 12.4 Å². The summed E-state index contributed by atoms with van der Waals surface area (Å²) < 4.78 is 0. The lowest BCUT2D eigenvalue weighted by Crippen LogP contribution is -1.89. The van der Waals surface area contributed by atoms with Crippen LogP contribution in [0.3, 0.4) is 0 Å². The van der Waals surface area contributed by atoms with Crippen molar-refractivity contribution in [2.45, 2.75) is 0 Å². The maximum Gasteiger partial charge on any atom is 0.0904 e. The van der Waals surface area contributed by atoms with Crippen LogP contribution in [0.4, 0.5) is 5.69 Å². The van der Waals surface area contributed by atoms with E-state index < -0.39 is 0 Å². The predicted molar refractivity (Wildman–Crippen MR) is 63.4 cm³/mol. The lowest BCUT2D eigenvalue weighted by Gasteiger charge is -2.04. The maximum absolute atomic E-state index is 5.97. The summed E-state index contributed by atoms with van der Waals surface area (Å²) >= 11 is 11.9. The van der Waals surface area contributed by atoms with Crippen molar-refractivity contribution in [2.24, 2.45) is 0 Å². The highest BCUT2D eigenvalue weighted by Crippen LogP contribution is 2.32. The molecule has 1 aromatic heterocycles. The molecule has 0 aliphatic rings. The smallest absolute Gasteiger partial charge is 0.0904 e. The number of rotatable bonds is 0. The van der Waals surface area contributed by atoms with Crippen molar-refractivity contribution in [3.05, 3.63) is 34.4 Å². The van der Waals surface area contributed by atoms with Gasteiger partial charge in [-0.25, -0.2) is 0 Å². The first-order valence-electron chi connectivity index (χ1n) is 3.68. The molecule has 1 aromatic carbocycles. The molecular formula is C9H7Cl3N2. The third-order valence-corrected chi connectivity index (χ3v) is 2.52. The Morgan fingerprint density at radius 1 is 1.29 bits per heavy atom. The molecule has 0 bridgehead atoms. The number of halogens is 3. The van der Waals surface area contributed by atoms with Gasteiger partial charge in [-0.3, -0.25) is 4.98 Å². The molecule has 2 nitrogen and oxygen atoms in total. The van der Waals surface area contributed by atoms with Crippen LogP contribution in [0.5, 0.6) is 0 Å². The summed E-state index contributed by atoms with van der Waals surface area (Å²) in [6.07, 6.45) is 1.67. The van der Waals surface area contributed by atoms with E-state index >= 15 is 0 Å². The minimum Gasteiger partial charge on any atom is -0.397 e. The van der Waals surface area contributed by atoms with Gasteiger partial charge in [0.1, 0.15) is 0 Å². The van der Waals surface area contributed by atoms with Crippen LogP contribution in [0.1, 0.15) is 0 Å². The van der Waals surface area contributed by atoms with E-state index in [1.54, 1.807) is 18.3 Å². The molecule has 0 aliphatic heterocycles. The molecule has 0 saturated carbocycles. The Kier molecular flexibility index (Phi) is 3.43. The van der Waals surface area contributed by atoms with Crippen LogP contribution in [-0.2, 0) is 0 Å². The number of hydrogen-bond donors (Lipinski definition) is 1. The van der Waals surface area contributed by atoms with E-state index in [4.69, 9.17) is 28.9 Å². The second-order valence-corrected chi connectivity index (χ2v) is 3.45. The molecule has 0 unspecified atom stereocenters. The van der Waals surface area contributed by atoms with Crippen LogP contribution >= 0.6 is 35.6 Å². The normalized spacial score (nSPS) is 9.86. The Labute approximate surface area is 97.4 Å². The number of anilines is 1. The third-order valence-electron chi connectivity index (χ3n) is 1.81. The Balaban J connectivity index is 0.000000980. The molecule has 5 heteroatoms. The maximum atomic E-state index is 5.97. The molecule has 0 saturated heterocycles. The molecule has 0 spiro atoms. The van der Waals surface area contributed by atoms with Crippen molar-refractivity contribution in [1.82, 2.24) is 4.98 Å². The first kappa shape index (κ1) is 11.4. The Morgan fingerprint density at radius 3 is 2.71 bits per heavy atom. The zero-order valence-corrected chi connectivity index (χ0v) is 9.33. The van der Waals surface area contributed by atoms with Crippen molar-refractivity contribution in [3.63, 3.8) is 0 Å². The number of nitrogen functional groups attached to an aromatic ring is 1. The summed E-state index contributed by atoms with van der Waals surface area (Å²) in [6, 6.07) is 5.25. The van der Waals surface area contributed by atoms with Crippen molar-refractivity contribution in [2.75, 3.05) is 5.73 Å². The van der Waals surface area contributed by atoms with Gasteiger partial charge in [0.15, 0.2) is 0 Å². The van der Waals surface area contributed by atoms with E-state index in [9.17, 15) is 0 Å². The van der Waals surface area contributed by atoms with Gasteiger partial charge in [0.2, 0.25) is 0 Å². The molecule has 2 rings (SSSR count). The van der Waals surface area contributed by atoms with E-state index in [0.29, 0.717) is 21.2 Å². The fourth-order valence-corrected chi connectivity index (χ4v) is 1.67. The average molecular weight is 250 g/mol. The van der Waals surface area contributed by atoms with Gasteiger partial charge in [0.05, 0.1) is 21.2 Å². The third kappa shape index (κ3) is 1.73. The van der Waals surface area contributed by atoms with Gasteiger partial charge in [-0.2, -0.15) is 0 Å². The summed E-state index contributed by atoms with van der Waals surface area (Å²) in [5, 5.41) is 1.82. The first-order valence-corrected chi connectivity index (χ1v) is 4.44. The number of hydrogen-bond acceptors (Lipinski definition) is 2. The zero-order valence-electron chi connectivity index (χ0n) is 7.00. The van der Waals surface area contributed by atoms with E-state index in [1.165, 1.54) is 0 Å². The highest BCUT2D eigenvalue weighted by Gasteiger charge is 2.07. The summed E-state index contributed by atoms with van der Waals surface area (Å²) in [4.78, 5) is 4.11. The SMILES string of the molecule is Cl.Nc1cc(Cl)c2ncccc2c1Cl. The summed E-state index contributed by atoms with van der Waals surface area (Å²) in [5.74, 6) is 0. The number of nitrogens with two attached hydrogens (primary N) is 1. The number of pyridine rings is 1. The van der Waals surface area contributed by atoms with Gasteiger partial charge >= 0.3 is 0 Å². The van der Waals surface area contributed by atoms with Crippen LogP contribution in [0.2, 0.25) is 10.0 Å². The Hall–Kier alpha value is -0.700. The first-order chi connectivity index (χ1) is 6.20. The monoisotopic (exact) mass is 248 g/mol. The molecule has 0 aliphatic carbocycles. The quantitative estimate of drug-likeness (QED) is 0.725. The Bertz CT molecular complexity index is 471. The second-order valence-electron chi connectivity index (χ2n) is 2.66. The van der Waals surface area contributed by atoms with Gasteiger partial charge in [-0.15, -0.1) is 12.4 Å². The Morgan fingerprint density at radius 2 is 2.00 bits per heavy atom. The molecule has 0 atom stereocenters. The van der Waals surface area contributed by atoms with Crippen LogP contribution in [0.15, 0.2) is 24.4 Å². The van der Waals surface area contributed by atoms with Gasteiger partial charge < -0.3 is 5.73 Å². The highest BCUT2D eigenvalue weighted by molar-refractivity contribution is 6.41. The van der Waals surface area contributed by atoms with Gasteiger partial charge in [0, 0.05) is 11.6 Å². The number of nitrogens with zero attached hydrogens (tertiary/aromatic N) is 1. The van der Waals surface area contributed by atoms with Crippen LogP contribution in [0, 0.1) is 0 Å². The van der Waals surface area contributed by atoms with Gasteiger partial charge in [-0.1, -0.05) is 23.2 Å². The van der Waals surface area contributed by atoms with E-state index in [2.05, 4.69) is 4.98 Å². The number of aromatic nitrogens is 1. The highest BCUT2D eigenvalue weighted by atomic mass is 35.5. The standard InChI is InChI=1S/C9H6Cl2N2.ClH/c10-6-4-7(12)8(11)5-2-1-3-13-9(5)6;/h1-4H,12H2;1H. The van der Waals surface area contributed by atoms with Crippen molar-refractivity contribution in [1.29, 1.82) is 0 Å². The van der Waals surface area contributed by atoms with E-state index in [1.807, 2.05) is 6.07 Å². The minimum absolute atomic E-state index is 0. The largest absolute Gasteiger partial charge is 0.397 e. The number of fused-ring (bicyclic) bond motifs is 1. The molecule has 0 fully saturated rings. The van der Waals surface area contributed by atoms with Crippen LogP contribution in [-0.4, -0.2) is 4.98 Å². The summed E-state index contributed by atoms with van der Waals surface area (Å²) in [7, 11) is 0. The van der Waals surface area contributed by atoms with Crippen molar-refractivity contribution >= 4 is 52.2 Å². The number of benzene rings is 1. The fourth-order valence-electron chi connectivity index (χ4n) is 1.20. The second kappa shape index (κ2) is 4.22. The average Bonchev–Trinajstić information content (AvgIpc) is 2.15. The molecule has 0 amide bonds. The predicted octanol–water partition coefficient (Wildman–Crippen LogP) is 3.55. The summed E-state index contributed by atoms with van der Waals surface area (Å²) in [6.45, 7) is 0. The fraction of sp³-hybridized carbons (Fsp3) is 0. The molecule has 74 valence electrons. The molecule has 14 heavy (non-hydrogen) atoms. The molecular weight excluding hydrogens is 242 g/mol. The molecule has 0 radical (unpaired) electrons. The van der Waals surface area contributed by atoms with Crippen molar-refractivity contribution in [3.8, 4) is 0 Å². The lowest BCUT2D eigenvalue weighted by molar-refractivity contribution is 1.41. The minimum atomic E-state index is 0. The molecule has 2 aromatic rings. The lowest BCUT2D eigenvalue weighted by atomic mass is 10.2. The molecule has 1 heterocycles. The molecule has 2 N–H and O–H groups in total. The van der Waals surface area contributed by atoms with Gasteiger partial charge in [0.25, 0.3) is 0 Å².